The van der Waals surface area contributed by atoms with Crippen LogP contribution in [0.25, 0.3) is 6.08 Å². The van der Waals surface area contributed by atoms with E-state index in [1.165, 1.54) is 0 Å². The van der Waals surface area contributed by atoms with Gasteiger partial charge in [0.25, 0.3) is 0 Å². The summed E-state index contributed by atoms with van der Waals surface area (Å²) in [7, 11) is 0. The van der Waals surface area contributed by atoms with Crippen molar-refractivity contribution in [2.24, 2.45) is 0 Å². The van der Waals surface area contributed by atoms with Gasteiger partial charge in [-0.25, -0.2) is 0 Å². The maximum atomic E-state index is 5.68. The Bertz CT molecular complexity index is 299. The highest BCUT2D eigenvalue weighted by Gasteiger charge is 2.13. The minimum atomic E-state index is -0.169. The lowest BCUT2D eigenvalue weighted by Gasteiger charge is -2.19. The molecule has 2 heteroatoms. The molecule has 0 radical (unpaired) electrons. The number of hydrogen-bond acceptors (Lipinski definition) is 1. The molecule has 70 valence electrons. The van der Waals surface area contributed by atoms with Gasteiger partial charge < -0.3 is 4.74 Å². The molecule has 0 bridgehead atoms. The Morgan fingerprint density at radius 1 is 1.46 bits per heavy atom. The molecule has 1 aromatic rings. The molecule has 0 N–H and O–H groups in total. The fraction of sp³-hybridized carbons (Fsp3) is 0.273. The molecule has 0 saturated heterocycles. The van der Waals surface area contributed by atoms with Crippen molar-refractivity contribution in [1.29, 1.82) is 0 Å². The highest BCUT2D eigenvalue weighted by atomic mass is 127. The molecule has 0 aliphatic heterocycles. The van der Waals surface area contributed by atoms with Crippen LogP contribution >= 0.6 is 22.6 Å². The molecule has 0 aromatic heterocycles. The maximum Gasteiger partial charge on any atom is 0.153 e. The van der Waals surface area contributed by atoms with Crippen LogP contribution in [0.5, 0.6) is 5.75 Å². The highest BCUT2D eigenvalue weighted by molar-refractivity contribution is 14.1. The molecular formula is C11H13IO. The summed E-state index contributed by atoms with van der Waals surface area (Å²) in [6, 6.07) is 7.90. The van der Waals surface area contributed by atoms with E-state index < -0.39 is 0 Å². The maximum absolute atomic E-state index is 5.68. The molecule has 0 unspecified atom stereocenters. The molecule has 13 heavy (non-hydrogen) atoms. The molecule has 0 atom stereocenters. The number of halogens is 1. The summed E-state index contributed by atoms with van der Waals surface area (Å²) in [4.78, 5) is 0. The Morgan fingerprint density at radius 2 is 2.15 bits per heavy atom. The van der Waals surface area contributed by atoms with Gasteiger partial charge in [-0.2, -0.15) is 0 Å². The van der Waals surface area contributed by atoms with Crippen molar-refractivity contribution in [2.75, 3.05) is 0 Å². The van der Waals surface area contributed by atoms with E-state index in [0.717, 1.165) is 11.3 Å². The summed E-state index contributed by atoms with van der Waals surface area (Å²) < 4.78 is 5.51. The van der Waals surface area contributed by atoms with Crippen LogP contribution in [0.1, 0.15) is 19.4 Å². The largest absolute Gasteiger partial charge is 0.478 e. The van der Waals surface area contributed by atoms with E-state index in [0.29, 0.717) is 0 Å². The molecule has 0 fully saturated rings. The van der Waals surface area contributed by atoms with E-state index >= 15 is 0 Å². The average molecular weight is 288 g/mol. The van der Waals surface area contributed by atoms with Crippen molar-refractivity contribution in [3.05, 3.63) is 36.4 Å². The standard InChI is InChI=1S/C11H13IO/c1-4-9-6-5-7-10(8-9)13-11(2,3)12/h4-8H,1H2,2-3H3. The summed E-state index contributed by atoms with van der Waals surface area (Å²) in [5, 5.41) is 0. The third-order valence-electron chi connectivity index (χ3n) is 1.45. The molecule has 0 saturated carbocycles. The molecule has 1 aromatic carbocycles. The first-order valence-corrected chi connectivity index (χ1v) is 5.19. The molecule has 1 rings (SSSR count). The zero-order valence-corrected chi connectivity index (χ0v) is 10.0. The van der Waals surface area contributed by atoms with Gasteiger partial charge in [0.2, 0.25) is 0 Å². The zero-order chi connectivity index (χ0) is 9.90. The van der Waals surface area contributed by atoms with Crippen molar-refractivity contribution >= 4 is 28.7 Å². The summed E-state index contributed by atoms with van der Waals surface area (Å²) in [5.41, 5.74) is 1.08. The van der Waals surface area contributed by atoms with Crippen LogP contribution in [-0.2, 0) is 0 Å². The second kappa shape index (κ2) is 4.13. The predicted octanol–water partition coefficient (Wildman–Crippen LogP) is 3.88. The topological polar surface area (TPSA) is 9.23 Å². The molecule has 1 nitrogen and oxygen atoms in total. The van der Waals surface area contributed by atoms with Crippen LogP contribution in [0.15, 0.2) is 30.8 Å². The van der Waals surface area contributed by atoms with E-state index in [1.54, 1.807) is 0 Å². The van der Waals surface area contributed by atoms with Gasteiger partial charge in [0.15, 0.2) is 3.61 Å². The molecule has 0 aliphatic carbocycles. The Kier molecular flexibility index (Phi) is 3.36. The molecular weight excluding hydrogens is 275 g/mol. The Balaban J connectivity index is 2.84. The van der Waals surface area contributed by atoms with E-state index in [2.05, 4.69) is 29.2 Å². The van der Waals surface area contributed by atoms with Gasteiger partial charge in [0.1, 0.15) is 5.75 Å². The van der Waals surface area contributed by atoms with Gasteiger partial charge in [0, 0.05) is 0 Å². The second-order valence-corrected chi connectivity index (χ2v) is 5.84. The number of alkyl halides is 1. The van der Waals surface area contributed by atoms with Crippen LogP contribution in [0.3, 0.4) is 0 Å². The Labute approximate surface area is 92.9 Å². The number of ether oxygens (including phenoxy) is 1. The minimum absolute atomic E-state index is 0.169. The van der Waals surface area contributed by atoms with Gasteiger partial charge in [-0.15, -0.1) is 0 Å². The van der Waals surface area contributed by atoms with Crippen molar-refractivity contribution in [2.45, 2.75) is 17.5 Å². The lowest BCUT2D eigenvalue weighted by Crippen LogP contribution is -2.18. The van der Waals surface area contributed by atoms with Crippen LogP contribution in [0.2, 0.25) is 0 Å². The first-order valence-electron chi connectivity index (χ1n) is 4.12. The second-order valence-electron chi connectivity index (χ2n) is 3.24. The number of hydrogen-bond donors (Lipinski definition) is 0. The molecule has 0 spiro atoms. The third kappa shape index (κ3) is 3.81. The predicted molar refractivity (Wildman–Crippen MR) is 65.3 cm³/mol. The molecule has 0 heterocycles. The van der Waals surface area contributed by atoms with Gasteiger partial charge >= 0.3 is 0 Å². The van der Waals surface area contributed by atoms with E-state index in [1.807, 2.05) is 44.2 Å². The SMILES string of the molecule is C=Cc1cccc(OC(C)(C)I)c1. The quantitative estimate of drug-likeness (QED) is 0.606. The molecule has 0 amide bonds. The van der Waals surface area contributed by atoms with Gasteiger partial charge in [0.05, 0.1) is 0 Å². The first kappa shape index (κ1) is 10.6. The van der Waals surface area contributed by atoms with Crippen molar-refractivity contribution in [3.8, 4) is 5.75 Å². The highest BCUT2D eigenvalue weighted by Crippen LogP contribution is 2.24. The normalized spacial score (nSPS) is 11.0. The van der Waals surface area contributed by atoms with Crippen molar-refractivity contribution in [1.82, 2.24) is 0 Å². The summed E-state index contributed by atoms with van der Waals surface area (Å²) in [5.74, 6) is 0.886. The van der Waals surface area contributed by atoms with Crippen LogP contribution in [0, 0.1) is 0 Å². The Morgan fingerprint density at radius 3 is 2.69 bits per heavy atom. The summed E-state index contributed by atoms with van der Waals surface area (Å²) >= 11 is 2.26. The van der Waals surface area contributed by atoms with E-state index in [4.69, 9.17) is 4.74 Å². The lowest BCUT2D eigenvalue weighted by molar-refractivity contribution is 0.225. The van der Waals surface area contributed by atoms with Crippen molar-refractivity contribution in [3.63, 3.8) is 0 Å². The minimum Gasteiger partial charge on any atom is -0.478 e. The van der Waals surface area contributed by atoms with E-state index in [9.17, 15) is 0 Å². The lowest BCUT2D eigenvalue weighted by atomic mass is 10.2. The van der Waals surface area contributed by atoms with Gasteiger partial charge in [-0.3, -0.25) is 0 Å². The average Bonchev–Trinajstić information content (AvgIpc) is 2.01. The monoisotopic (exact) mass is 288 g/mol. The zero-order valence-electron chi connectivity index (χ0n) is 7.88. The number of benzene rings is 1. The fourth-order valence-corrected chi connectivity index (χ4v) is 1.24. The van der Waals surface area contributed by atoms with Gasteiger partial charge in [-0.1, -0.05) is 24.8 Å². The van der Waals surface area contributed by atoms with E-state index in [-0.39, 0.29) is 3.61 Å². The summed E-state index contributed by atoms with van der Waals surface area (Å²) in [6.07, 6.45) is 1.81. The fourth-order valence-electron chi connectivity index (χ4n) is 0.985. The summed E-state index contributed by atoms with van der Waals surface area (Å²) in [6.45, 7) is 7.76. The van der Waals surface area contributed by atoms with Crippen LogP contribution in [-0.4, -0.2) is 3.61 Å². The smallest absolute Gasteiger partial charge is 0.153 e. The Hall–Kier alpha value is -0.510. The number of rotatable bonds is 3. The van der Waals surface area contributed by atoms with Gasteiger partial charge in [-0.05, 0) is 54.1 Å². The van der Waals surface area contributed by atoms with Crippen molar-refractivity contribution < 1.29 is 4.74 Å². The van der Waals surface area contributed by atoms with Crippen LogP contribution < -0.4 is 4.74 Å². The molecule has 0 aliphatic rings. The first-order chi connectivity index (χ1) is 6.01. The van der Waals surface area contributed by atoms with Crippen LogP contribution in [0.4, 0.5) is 0 Å². The third-order valence-corrected chi connectivity index (χ3v) is 1.67.